The molecule has 2 N–H and O–H groups in total. The van der Waals surface area contributed by atoms with Crippen LogP contribution in [0.2, 0.25) is 5.15 Å². The Morgan fingerprint density at radius 2 is 1.59 bits per heavy atom. The number of hydroxylamine groups is 3. The average molecular weight is 585 g/mol. The van der Waals surface area contributed by atoms with Crippen molar-refractivity contribution >= 4 is 23.2 Å². The van der Waals surface area contributed by atoms with Gasteiger partial charge in [0.1, 0.15) is 30.6 Å². The molecule has 0 unspecified atom stereocenters. The second-order valence-electron chi connectivity index (χ2n) is 10.3. The maximum absolute atomic E-state index is 13.6. The predicted octanol–water partition coefficient (Wildman–Crippen LogP) is 8.10. The zero-order chi connectivity index (χ0) is 29.2. The van der Waals surface area contributed by atoms with Gasteiger partial charge in [-0.2, -0.15) is 17.8 Å². The zero-order valence-corrected chi connectivity index (χ0v) is 22.6. The van der Waals surface area contributed by atoms with Gasteiger partial charge in [-0.1, -0.05) is 48.0 Å². The topological polar surface area (TPSA) is 62.2 Å². The second kappa shape index (κ2) is 11.6. The fourth-order valence-electron chi connectivity index (χ4n) is 5.23. The molecule has 5 rings (SSSR count). The molecule has 0 spiro atoms. The first-order chi connectivity index (χ1) is 19.5. The van der Waals surface area contributed by atoms with Gasteiger partial charge >= 0.3 is 6.18 Å². The van der Waals surface area contributed by atoms with Crippen molar-refractivity contribution in [3.05, 3.63) is 118 Å². The van der Waals surface area contributed by atoms with E-state index in [9.17, 15) is 27.6 Å². The molecule has 4 aromatic rings. The number of piperidine rings is 1. The van der Waals surface area contributed by atoms with Crippen molar-refractivity contribution in [1.29, 1.82) is 0 Å². The van der Waals surface area contributed by atoms with E-state index in [0.717, 1.165) is 28.8 Å². The molecular weight excluding hydrogens is 558 g/mol. The summed E-state index contributed by atoms with van der Waals surface area (Å²) in [6.07, 6.45) is -2.31. The summed E-state index contributed by atoms with van der Waals surface area (Å²) >= 11 is 5.89. The minimum absolute atomic E-state index is 0.125. The number of aromatic nitrogens is 1. The van der Waals surface area contributed by atoms with Crippen molar-refractivity contribution in [3.63, 3.8) is 0 Å². The molecule has 5 nitrogen and oxygen atoms in total. The molecule has 41 heavy (non-hydrogen) atoms. The Morgan fingerprint density at radius 1 is 0.951 bits per heavy atom. The number of hydrogen-bond donors (Lipinski definition) is 2. The number of nitrogens with one attached hydrogen (secondary N) is 1. The summed E-state index contributed by atoms with van der Waals surface area (Å²) in [6.45, 7) is 0.993. The van der Waals surface area contributed by atoms with Gasteiger partial charge in [0.15, 0.2) is 0 Å². The quantitative estimate of drug-likeness (QED) is 0.137. The fraction of sp³-hybridized carbons (Fsp3) is 0.226. The molecule has 3 aromatic carbocycles. The van der Waals surface area contributed by atoms with Gasteiger partial charge in [0, 0.05) is 35.9 Å². The summed E-state index contributed by atoms with van der Waals surface area (Å²) in [4.78, 5) is 16.7. The Bertz CT molecular complexity index is 1530. The van der Waals surface area contributed by atoms with Crippen LogP contribution in [0.1, 0.15) is 45.8 Å². The zero-order valence-electron chi connectivity index (χ0n) is 21.8. The monoisotopic (exact) mass is 584 g/mol. The first kappa shape index (κ1) is 28.7. The number of quaternary nitrogens is 1. The molecule has 1 aliphatic heterocycles. The third kappa shape index (κ3) is 6.93. The van der Waals surface area contributed by atoms with E-state index in [0.29, 0.717) is 38.0 Å². The summed E-state index contributed by atoms with van der Waals surface area (Å²) in [7, 11) is 0. The lowest BCUT2D eigenvalue weighted by atomic mass is 9.86. The number of likely N-dealkylation sites (tertiary alicyclic amines) is 1. The van der Waals surface area contributed by atoms with Gasteiger partial charge in [0.05, 0.1) is 5.56 Å². The number of pyridine rings is 1. The normalized spacial score (nSPS) is 19.1. The van der Waals surface area contributed by atoms with E-state index < -0.39 is 17.6 Å². The molecule has 1 saturated heterocycles. The van der Waals surface area contributed by atoms with Crippen molar-refractivity contribution in [1.82, 2.24) is 4.98 Å². The third-order valence-electron chi connectivity index (χ3n) is 7.45. The highest BCUT2D eigenvalue weighted by Gasteiger charge is 2.37. The van der Waals surface area contributed by atoms with Crippen LogP contribution in [0.4, 0.5) is 23.2 Å². The number of amides is 1. The second-order valence-corrected chi connectivity index (χ2v) is 10.7. The van der Waals surface area contributed by atoms with Crippen molar-refractivity contribution in [3.8, 4) is 11.1 Å². The Kier molecular flexibility index (Phi) is 8.13. The lowest BCUT2D eigenvalue weighted by molar-refractivity contribution is -1.12. The Hall–Kier alpha value is -3.79. The maximum atomic E-state index is 13.6. The smallest absolute Gasteiger partial charge is 0.322 e. The van der Waals surface area contributed by atoms with Gasteiger partial charge < -0.3 is 5.32 Å². The first-order valence-electron chi connectivity index (χ1n) is 13.1. The van der Waals surface area contributed by atoms with Crippen LogP contribution in [0, 0.1) is 5.82 Å². The summed E-state index contributed by atoms with van der Waals surface area (Å²) in [5.41, 5.74) is 2.80. The highest BCUT2D eigenvalue weighted by atomic mass is 35.5. The number of alkyl halides is 3. The fourth-order valence-corrected chi connectivity index (χ4v) is 5.41. The average Bonchev–Trinajstić information content (AvgIpc) is 2.94. The SMILES string of the molecule is O=C(Nc1ccc(C(F)(F)F)cc1C1CC[N+](O)(Cc2ccc(-c3ccc(F)cc3)cc2)CC1)c1ccnc(Cl)c1. The molecule has 2 heterocycles. The number of hydrogen-bond acceptors (Lipinski definition) is 3. The number of anilines is 1. The van der Waals surface area contributed by atoms with Crippen molar-refractivity contribution < 1.29 is 32.2 Å². The summed E-state index contributed by atoms with van der Waals surface area (Å²) in [6, 6.07) is 20.0. The molecule has 0 radical (unpaired) electrons. The lowest BCUT2D eigenvalue weighted by Gasteiger charge is -2.37. The highest BCUT2D eigenvalue weighted by molar-refractivity contribution is 6.29. The van der Waals surface area contributed by atoms with Crippen molar-refractivity contribution in [2.24, 2.45) is 0 Å². The maximum Gasteiger partial charge on any atom is 0.416 e. The van der Waals surface area contributed by atoms with Crippen molar-refractivity contribution in [2.45, 2.75) is 31.5 Å². The molecule has 0 saturated carbocycles. The van der Waals surface area contributed by atoms with Crippen LogP contribution in [0.5, 0.6) is 0 Å². The van der Waals surface area contributed by atoms with Gasteiger partial charge in [-0.25, -0.2) is 14.6 Å². The molecule has 10 heteroatoms. The number of nitrogens with zero attached hydrogens (tertiary/aromatic N) is 2. The Labute approximate surface area is 239 Å². The largest absolute Gasteiger partial charge is 0.416 e. The molecule has 0 atom stereocenters. The molecule has 0 bridgehead atoms. The van der Waals surface area contributed by atoms with Gasteiger partial charge in [-0.05, 0) is 65.1 Å². The van der Waals surface area contributed by atoms with E-state index in [1.165, 1.54) is 36.5 Å². The van der Waals surface area contributed by atoms with Crippen LogP contribution < -0.4 is 5.32 Å². The van der Waals surface area contributed by atoms with Gasteiger partial charge in [-0.3, -0.25) is 4.79 Å². The molecule has 1 aromatic heterocycles. The molecule has 1 amide bonds. The molecular formula is C31H27ClF4N3O2+. The summed E-state index contributed by atoms with van der Waals surface area (Å²) in [5, 5.41) is 14.2. The van der Waals surface area contributed by atoms with Crippen LogP contribution in [0.3, 0.4) is 0 Å². The van der Waals surface area contributed by atoms with Gasteiger partial charge in [0.25, 0.3) is 5.91 Å². The predicted molar refractivity (Wildman–Crippen MR) is 148 cm³/mol. The molecule has 0 aliphatic carbocycles. The minimum Gasteiger partial charge on any atom is -0.322 e. The van der Waals surface area contributed by atoms with Gasteiger partial charge in [-0.15, -0.1) is 0 Å². The van der Waals surface area contributed by atoms with E-state index in [4.69, 9.17) is 11.6 Å². The molecule has 212 valence electrons. The third-order valence-corrected chi connectivity index (χ3v) is 7.66. The van der Waals surface area contributed by atoms with Crippen LogP contribution in [0.15, 0.2) is 85.1 Å². The number of rotatable bonds is 6. The van der Waals surface area contributed by atoms with Crippen LogP contribution in [-0.4, -0.2) is 33.8 Å². The van der Waals surface area contributed by atoms with E-state index in [1.807, 2.05) is 24.3 Å². The van der Waals surface area contributed by atoms with Gasteiger partial charge in [0.2, 0.25) is 0 Å². The number of carbonyl (C=O) groups excluding carboxylic acids is 1. The standard InChI is InChI=1S/C31H26ClF4N3O2/c32-29-17-24(11-14-37-29)30(40)38-28-10-7-25(31(34,35)36)18-27(28)23-12-15-39(41,16-13-23)19-20-1-3-21(4-2-20)22-5-8-26(33)9-6-22/h1-11,14,17-18,23,41H,12-13,15-16,19H2/p+1. The summed E-state index contributed by atoms with van der Waals surface area (Å²) in [5.74, 6) is -1.12. The number of benzene rings is 3. The lowest BCUT2D eigenvalue weighted by Crippen LogP contribution is -2.49. The van der Waals surface area contributed by atoms with E-state index >= 15 is 0 Å². The highest BCUT2D eigenvalue weighted by Crippen LogP contribution is 2.39. The first-order valence-corrected chi connectivity index (χ1v) is 13.4. The van der Waals surface area contributed by atoms with Crippen LogP contribution in [-0.2, 0) is 12.7 Å². The van der Waals surface area contributed by atoms with E-state index in [1.54, 1.807) is 12.1 Å². The Balaban J connectivity index is 1.30. The van der Waals surface area contributed by atoms with E-state index in [-0.39, 0.29) is 32.8 Å². The van der Waals surface area contributed by atoms with Crippen LogP contribution >= 0.6 is 11.6 Å². The van der Waals surface area contributed by atoms with E-state index in [2.05, 4.69) is 10.3 Å². The number of carbonyl (C=O) groups is 1. The van der Waals surface area contributed by atoms with Crippen molar-refractivity contribution in [2.75, 3.05) is 18.4 Å². The molecule has 1 aliphatic rings. The summed E-state index contributed by atoms with van der Waals surface area (Å²) < 4.78 is 53.8. The number of halogens is 5. The Morgan fingerprint density at radius 3 is 2.20 bits per heavy atom. The van der Waals surface area contributed by atoms with Crippen LogP contribution in [0.25, 0.3) is 11.1 Å². The molecule has 1 fully saturated rings. The minimum atomic E-state index is -4.54.